The summed E-state index contributed by atoms with van der Waals surface area (Å²) in [4.78, 5) is 14.5. The van der Waals surface area contributed by atoms with E-state index >= 15 is 0 Å². The largest absolute Gasteiger partial charge is 0.494 e. The number of ether oxygens (including phenoxy) is 2. The molecule has 24 heavy (non-hydrogen) atoms. The zero-order chi connectivity index (χ0) is 16.3. The number of Topliss-reactive ketones (excluding diaryl/α,β-unsaturated/α-hetero) is 1. The summed E-state index contributed by atoms with van der Waals surface area (Å²) in [6, 6.07) is 7.57. The van der Waals surface area contributed by atoms with E-state index in [1.165, 1.54) is 19.3 Å². The van der Waals surface area contributed by atoms with Crippen molar-refractivity contribution in [2.75, 3.05) is 39.5 Å². The van der Waals surface area contributed by atoms with Crippen LogP contribution in [0.15, 0.2) is 24.3 Å². The highest BCUT2D eigenvalue weighted by Crippen LogP contribution is 2.14. The van der Waals surface area contributed by atoms with Crippen molar-refractivity contribution in [2.24, 2.45) is 0 Å². The maximum absolute atomic E-state index is 12.2. The first-order valence-corrected chi connectivity index (χ1v) is 8.85. The zero-order valence-corrected chi connectivity index (χ0v) is 15.5. The van der Waals surface area contributed by atoms with Gasteiger partial charge in [-0.25, -0.2) is 0 Å². The number of halogens is 1. The molecular formula is C19H30ClNO3. The zero-order valence-electron chi connectivity index (χ0n) is 14.7. The van der Waals surface area contributed by atoms with E-state index in [2.05, 4.69) is 11.8 Å². The molecule has 0 amide bonds. The van der Waals surface area contributed by atoms with Crippen molar-refractivity contribution in [3.63, 3.8) is 0 Å². The van der Waals surface area contributed by atoms with Crippen LogP contribution in [-0.4, -0.2) is 50.1 Å². The van der Waals surface area contributed by atoms with Gasteiger partial charge in [-0.3, -0.25) is 9.69 Å². The average Bonchev–Trinajstić information content (AvgIpc) is 2.61. The Hall–Kier alpha value is -1.10. The molecule has 0 saturated carbocycles. The molecule has 1 fully saturated rings. The number of carbonyl (C=O) groups excluding carboxylic acids is 1. The first-order chi connectivity index (χ1) is 11.3. The van der Waals surface area contributed by atoms with Gasteiger partial charge in [-0.1, -0.05) is 26.2 Å². The minimum atomic E-state index is 0. The van der Waals surface area contributed by atoms with Gasteiger partial charge >= 0.3 is 0 Å². The van der Waals surface area contributed by atoms with Gasteiger partial charge in [0, 0.05) is 31.6 Å². The van der Waals surface area contributed by atoms with Crippen LogP contribution in [0.4, 0.5) is 0 Å². The van der Waals surface area contributed by atoms with Crippen molar-refractivity contribution < 1.29 is 14.3 Å². The highest BCUT2D eigenvalue weighted by molar-refractivity contribution is 5.96. The van der Waals surface area contributed by atoms with Crippen molar-refractivity contribution in [1.29, 1.82) is 0 Å². The number of hydrogen-bond acceptors (Lipinski definition) is 4. The van der Waals surface area contributed by atoms with Gasteiger partial charge < -0.3 is 9.47 Å². The number of benzene rings is 1. The molecule has 1 aliphatic heterocycles. The molecule has 1 aliphatic rings. The lowest BCUT2D eigenvalue weighted by Gasteiger charge is -2.26. The van der Waals surface area contributed by atoms with E-state index in [1.54, 1.807) is 0 Å². The fourth-order valence-electron chi connectivity index (χ4n) is 2.68. The number of nitrogens with zero attached hydrogens (tertiary/aromatic N) is 1. The van der Waals surface area contributed by atoms with E-state index in [0.29, 0.717) is 6.42 Å². The molecule has 1 saturated heterocycles. The average molecular weight is 356 g/mol. The second kappa shape index (κ2) is 12.3. The number of morpholine rings is 1. The van der Waals surface area contributed by atoms with E-state index in [9.17, 15) is 4.79 Å². The predicted octanol–water partition coefficient (Wildman–Crippen LogP) is 3.97. The number of unbranched alkanes of at least 4 members (excludes halogenated alkanes) is 3. The van der Waals surface area contributed by atoms with Gasteiger partial charge in [0.2, 0.25) is 0 Å². The maximum atomic E-state index is 12.2. The van der Waals surface area contributed by atoms with Gasteiger partial charge in [-0.15, -0.1) is 12.4 Å². The van der Waals surface area contributed by atoms with Crippen LogP contribution in [0.3, 0.4) is 0 Å². The second-order valence-corrected chi connectivity index (χ2v) is 6.06. The lowest BCUT2D eigenvalue weighted by atomic mass is 10.1. The molecule has 5 heteroatoms. The van der Waals surface area contributed by atoms with E-state index < -0.39 is 0 Å². The van der Waals surface area contributed by atoms with E-state index in [0.717, 1.165) is 57.2 Å². The molecule has 0 radical (unpaired) electrons. The van der Waals surface area contributed by atoms with Crippen molar-refractivity contribution >= 4 is 18.2 Å². The van der Waals surface area contributed by atoms with Crippen molar-refractivity contribution in [3.05, 3.63) is 29.8 Å². The number of rotatable bonds is 10. The summed E-state index contributed by atoms with van der Waals surface area (Å²) in [5.74, 6) is 1.05. The summed E-state index contributed by atoms with van der Waals surface area (Å²) in [5.41, 5.74) is 0.775. The number of carbonyl (C=O) groups is 1. The Balaban J connectivity index is 0.00000288. The van der Waals surface area contributed by atoms with Gasteiger partial charge in [0.25, 0.3) is 0 Å². The topological polar surface area (TPSA) is 38.8 Å². The van der Waals surface area contributed by atoms with Crippen LogP contribution in [0.5, 0.6) is 5.75 Å². The third-order valence-corrected chi connectivity index (χ3v) is 4.20. The van der Waals surface area contributed by atoms with Crippen molar-refractivity contribution in [3.8, 4) is 5.75 Å². The monoisotopic (exact) mass is 355 g/mol. The number of ketones is 1. The molecular weight excluding hydrogens is 326 g/mol. The lowest BCUT2D eigenvalue weighted by molar-refractivity contribution is 0.0370. The van der Waals surface area contributed by atoms with Gasteiger partial charge in [0.15, 0.2) is 5.78 Å². The van der Waals surface area contributed by atoms with Crippen LogP contribution in [0.25, 0.3) is 0 Å². The van der Waals surface area contributed by atoms with E-state index in [4.69, 9.17) is 9.47 Å². The molecule has 2 rings (SSSR count). The van der Waals surface area contributed by atoms with Gasteiger partial charge in [0.1, 0.15) is 5.75 Å². The molecule has 1 aromatic carbocycles. The predicted molar refractivity (Wildman–Crippen MR) is 99.5 cm³/mol. The summed E-state index contributed by atoms with van der Waals surface area (Å²) in [6.45, 7) is 7.19. The molecule has 0 spiro atoms. The van der Waals surface area contributed by atoms with E-state index in [1.807, 2.05) is 24.3 Å². The molecule has 0 N–H and O–H groups in total. The van der Waals surface area contributed by atoms with Crippen LogP contribution in [0, 0.1) is 0 Å². The minimum Gasteiger partial charge on any atom is -0.494 e. The fourth-order valence-corrected chi connectivity index (χ4v) is 2.68. The van der Waals surface area contributed by atoms with Gasteiger partial charge in [-0.2, -0.15) is 0 Å². The standard InChI is InChI=1S/C19H29NO3.ClH/c1-2-3-4-5-14-23-18-8-6-17(7-9-18)19(21)10-11-20-12-15-22-16-13-20;/h6-9H,2-5,10-16H2,1H3;1H. The summed E-state index contributed by atoms with van der Waals surface area (Å²) in [5, 5.41) is 0. The molecule has 0 aliphatic carbocycles. The highest BCUT2D eigenvalue weighted by atomic mass is 35.5. The normalized spacial score (nSPS) is 14.9. The SMILES string of the molecule is CCCCCCOc1ccc(C(=O)CCN2CCOCC2)cc1.Cl. The molecule has 0 bridgehead atoms. The van der Waals surface area contributed by atoms with Gasteiger partial charge in [-0.05, 0) is 30.7 Å². The van der Waals surface area contributed by atoms with Crippen LogP contribution in [0.1, 0.15) is 49.4 Å². The third-order valence-electron chi connectivity index (χ3n) is 4.20. The fraction of sp³-hybridized carbons (Fsp3) is 0.632. The van der Waals surface area contributed by atoms with Gasteiger partial charge in [0.05, 0.1) is 19.8 Å². The quantitative estimate of drug-likeness (QED) is 0.470. The molecule has 0 unspecified atom stereocenters. The van der Waals surface area contributed by atoms with Crippen LogP contribution < -0.4 is 4.74 Å². The Morgan fingerprint density at radius 3 is 2.50 bits per heavy atom. The van der Waals surface area contributed by atoms with Crippen LogP contribution in [-0.2, 0) is 4.74 Å². The molecule has 1 aromatic rings. The maximum Gasteiger partial charge on any atom is 0.164 e. The summed E-state index contributed by atoms with van der Waals surface area (Å²) >= 11 is 0. The Bertz CT molecular complexity index is 458. The van der Waals surface area contributed by atoms with Crippen LogP contribution >= 0.6 is 12.4 Å². The summed E-state index contributed by atoms with van der Waals surface area (Å²) in [7, 11) is 0. The second-order valence-electron chi connectivity index (χ2n) is 6.06. The molecule has 1 heterocycles. The first kappa shape index (κ1) is 20.9. The van der Waals surface area contributed by atoms with E-state index in [-0.39, 0.29) is 18.2 Å². The number of hydrogen-bond donors (Lipinski definition) is 0. The third kappa shape index (κ3) is 7.65. The first-order valence-electron chi connectivity index (χ1n) is 8.85. The summed E-state index contributed by atoms with van der Waals surface area (Å²) < 4.78 is 11.0. The van der Waals surface area contributed by atoms with Crippen LogP contribution in [0.2, 0.25) is 0 Å². The van der Waals surface area contributed by atoms with Crippen molar-refractivity contribution in [1.82, 2.24) is 4.90 Å². The smallest absolute Gasteiger partial charge is 0.164 e. The lowest BCUT2D eigenvalue weighted by Crippen LogP contribution is -2.37. The molecule has 136 valence electrons. The Morgan fingerprint density at radius 2 is 1.83 bits per heavy atom. The Kier molecular flexibility index (Phi) is 10.7. The molecule has 4 nitrogen and oxygen atoms in total. The molecule has 0 atom stereocenters. The minimum absolute atomic E-state index is 0. The van der Waals surface area contributed by atoms with Crippen molar-refractivity contribution in [2.45, 2.75) is 39.0 Å². The Morgan fingerprint density at radius 1 is 1.12 bits per heavy atom. The summed E-state index contributed by atoms with van der Waals surface area (Å²) in [6.07, 6.45) is 5.38. The molecule has 0 aromatic heterocycles. The Labute approximate surface area is 151 Å². The highest BCUT2D eigenvalue weighted by Gasteiger charge is 2.13.